The summed E-state index contributed by atoms with van der Waals surface area (Å²) in [5.74, 6) is 3.14. The fourth-order valence-corrected chi connectivity index (χ4v) is 3.13. The number of piperazine rings is 1. The summed E-state index contributed by atoms with van der Waals surface area (Å²) >= 11 is 0. The standard InChI is InChI=1S/C21H30N6O/c1-17(2)16-28-19-8-5-4-7-18(19)15-25-20(22-3)26-11-13-27(14-12-26)21-23-9-6-10-24-21/h4-10,17H,11-16H2,1-3H3,(H,22,25). The Balaban J connectivity index is 1.55. The molecule has 7 heteroatoms. The van der Waals surface area contributed by atoms with E-state index in [1.54, 1.807) is 12.4 Å². The molecule has 0 bridgehead atoms. The van der Waals surface area contributed by atoms with Crippen LogP contribution in [-0.2, 0) is 6.54 Å². The van der Waals surface area contributed by atoms with Gasteiger partial charge >= 0.3 is 0 Å². The number of aromatic nitrogens is 2. The fraction of sp³-hybridized carbons (Fsp3) is 0.476. The molecular weight excluding hydrogens is 352 g/mol. The molecule has 1 aromatic heterocycles. The number of guanidine groups is 1. The number of para-hydroxylation sites is 1. The average Bonchev–Trinajstić information content (AvgIpc) is 2.74. The lowest BCUT2D eigenvalue weighted by Gasteiger charge is -2.36. The topological polar surface area (TPSA) is 65.9 Å². The van der Waals surface area contributed by atoms with E-state index >= 15 is 0 Å². The smallest absolute Gasteiger partial charge is 0.225 e. The van der Waals surface area contributed by atoms with Crippen LogP contribution in [0.2, 0.25) is 0 Å². The highest BCUT2D eigenvalue weighted by Crippen LogP contribution is 2.19. The van der Waals surface area contributed by atoms with Gasteiger partial charge in [0.25, 0.3) is 0 Å². The Hall–Kier alpha value is -2.83. The second-order valence-electron chi connectivity index (χ2n) is 7.24. The molecule has 0 saturated carbocycles. The fourth-order valence-electron chi connectivity index (χ4n) is 3.13. The molecular formula is C21H30N6O. The van der Waals surface area contributed by atoms with E-state index in [-0.39, 0.29) is 0 Å². The third kappa shape index (κ3) is 5.34. The van der Waals surface area contributed by atoms with Crippen molar-refractivity contribution in [1.29, 1.82) is 0 Å². The van der Waals surface area contributed by atoms with Gasteiger partial charge in [0.05, 0.1) is 6.61 Å². The van der Waals surface area contributed by atoms with Crippen LogP contribution in [-0.4, -0.2) is 60.7 Å². The van der Waals surface area contributed by atoms with Gasteiger partial charge in [-0.15, -0.1) is 0 Å². The number of ether oxygens (including phenoxy) is 1. The first-order valence-electron chi connectivity index (χ1n) is 9.85. The molecule has 0 aliphatic carbocycles. The molecule has 1 aromatic carbocycles. The molecule has 1 fully saturated rings. The summed E-state index contributed by atoms with van der Waals surface area (Å²) in [5.41, 5.74) is 1.14. The summed E-state index contributed by atoms with van der Waals surface area (Å²) in [6, 6.07) is 10.0. The van der Waals surface area contributed by atoms with Crippen LogP contribution in [0.1, 0.15) is 19.4 Å². The van der Waals surface area contributed by atoms with E-state index in [1.807, 2.05) is 31.3 Å². The molecule has 3 rings (SSSR count). The van der Waals surface area contributed by atoms with Gasteiger partial charge in [-0.05, 0) is 18.1 Å². The Kier molecular flexibility index (Phi) is 7.06. The Morgan fingerprint density at radius 2 is 1.82 bits per heavy atom. The summed E-state index contributed by atoms with van der Waals surface area (Å²) in [7, 11) is 1.83. The first-order valence-corrected chi connectivity index (χ1v) is 9.85. The lowest BCUT2D eigenvalue weighted by atomic mass is 10.2. The number of benzene rings is 1. The van der Waals surface area contributed by atoms with Gasteiger partial charge in [0.2, 0.25) is 5.95 Å². The minimum absolute atomic E-state index is 0.499. The molecule has 2 heterocycles. The highest BCUT2D eigenvalue weighted by Gasteiger charge is 2.21. The Morgan fingerprint density at radius 1 is 1.11 bits per heavy atom. The number of hydrogen-bond donors (Lipinski definition) is 1. The summed E-state index contributed by atoms with van der Waals surface area (Å²) in [6.07, 6.45) is 3.57. The van der Waals surface area contributed by atoms with Gasteiger partial charge in [-0.25, -0.2) is 9.97 Å². The van der Waals surface area contributed by atoms with E-state index in [9.17, 15) is 0 Å². The van der Waals surface area contributed by atoms with Crippen molar-refractivity contribution in [1.82, 2.24) is 20.2 Å². The van der Waals surface area contributed by atoms with Crippen LogP contribution in [0.3, 0.4) is 0 Å². The van der Waals surface area contributed by atoms with Gasteiger partial charge in [-0.2, -0.15) is 0 Å². The Morgan fingerprint density at radius 3 is 2.50 bits per heavy atom. The summed E-state index contributed by atoms with van der Waals surface area (Å²) in [6.45, 7) is 9.22. The van der Waals surface area contributed by atoms with Crippen molar-refractivity contribution in [2.45, 2.75) is 20.4 Å². The van der Waals surface area contributed by atoms with Gasteiger partial charge in [0, 0.05) is 57.7 Å². The number of aliphatic imine (C=N–C) groups is 1. The van der Waals surface area contributed by atoms with E-state index in [0.717, 1.165) is 56.0 Å². The minimum atomic E-state index is 0.499. The maximum atomic E-state index is 5.96. The molecule has 0 atom stereocenters. The molecule has 2 aromatic rings. The maximum Gasteiger partial charge on any atom is 0.225 e. The van der Waals surface area contributed by atoms with Crippen molar-refractivity contribution >= 4 is 11.9 Å². The van der Waals surface area contributed by atoms with Gasteiger partial charge < -0.3 is 19.9 Å². The first-order chi connectivity index (χ1) is 13.7. The number of rotatable bonds is 6. The van der Waals surface area contributed by atoms with Crippen LogP contribution in [0.5, 0.6) is 5.75 Å². The monoisotopic (exact) mass is 382 g/mol. The van der Waals surface area contributed by atoms with Gasteiger partial charge in [-0.3, -0.25) is 4.99 Å². The zero-order valence-corrected chi connectivity index (χ0v) is 17.0. The third-order valence-corrected chi connectivity index (χ3v) is 4.61. The normalized spacial score (nSPS) is 15.1. The zero-order chi connectivity index (χ0) is 19.8. The van der Waals surface area contributed by atoms with Crippen LogP contribution in [0.4, 0.5) is 5.95 Å². The summed E-state index contributed by atoms with van der Waals surface area (Å²) in [4.78, 5) is 17.6. The highest BCUT2D eigenvalue weighted by molar-refractivity contribution is 5.80. The zero-order valence-electron chi connectivity index (χ0n) is 17.0. The molecule has 28 heavy (non-hydrogen) atoms. The van der Waals surface area contributed by atoms with Crippen molar-refractivity contribution in [3.63, 3.8) is 0 Å². The van der Waals surface area contributed by atoms with Crippen molar-refractivity contribution in [3.05, 3.63) is 48.3 Å². The van der Waals surface area contributed by atoms with E-state index in [0.29, 0.717) is 12.5 Å². The predicted octanol–water partition coefficient (Wildman–Crippen LogP) is 2.41. The largest absolute Gasteiger partial charge is 0.493 e. The van der Waals surface area contributed by atoms with Gasteiger partial charge in [0.15, 0.2) is 5.96 Å². The van der Waals surface area contributed by atoms with Crippen LogP contribution < -0.4 is 15.0 Å². The Labute approximate surface area is 167 Å². The van der Waals surface area contributed by atoms with E-state index in [2.05, 4.69) is 50.0 Å². The van der Waals surface area contributed by atoms with Crippen LogP contribution in [0, 0.1) is 5.92 Å². The first kappa shape index (κ1) is 19.9. The van der Waals surface area contributed by atoms with Crippen LogP contribution in [0.15, 0.2) is 47.7 Å². The van der Waals surface area contributed by atoms with Crippen LogP contribution in [0.25, 0.3) is 0 Å². The second-order valence-corrected chi connectivity index (χ2v) is 7.24. The molecule has 1 aliphatic heterocycles. The molecule has 1 saturated heterocycles. The number of hydrogen-bond acceptors (Lipinski definition) is 5. The lowest BCUT2D eigenvalue weighted by molar-refractivity contribution is 0.268. The predicted molar refractivity (Wildman–Crippen MR) is 113 cm³/mol. The second kappa shape index (κ2) is 9.92. The van der Waals surface area contributed by atoms with E-state index < -0.39 is 0 Å². The van der Waals surface area contributed by atoms with Crippen LogP contribution >= 0.6 is 0 Å². The van der Waals surface area contributed by atoms with Gasteiger partial charge in [-0.1, -0.05) is 32.0 Å². The molecule has 0 radical (unpaired) electrons. The quantitative estimate of drug-likeness (QED) is 0.611. The summed E-state index contributed by atoms with van der Waals surface area (Å²) < 4.78 is 5.96. The SMILES string of the molecule is CN=C(NCc1ccccc1OCC(C)C)N1CCN(c2ncccn2)CC1. The maximum absolute atomic E-state index is 5.96. The van der Waals surface area contributed by atoms with Crippen molar-refractivity contribution in [2.75, 3.05) is 44.7 Å². The Bertz CT molecular complexity index is 757. The lowest BCUT2D eigenvalue weighted by Crippen LogP contribution is -2.52. The number of nitrogens with zero attached hydrogens (tertiary/aromatic N) is 5. The molecule has 1 N–H and O–H groups in total. The van der Waals surface area contributed by atoms with Crippen molar-refractivity contribution in [3.8, 4) is 5.75 Å². The molecule has 0 spiro atoms. The van der Waals surface area contributed by atoms with E-state index in [4.69, 9.17) is 4.74 Å². The molecule has 150 valence electrons. The third-order valence-electron chi connectivity index (χ3n) is 4.61. The molecule has 0 amide bonds. The highest BCUT2D eigenvalue weighted by atomic mass is 16.5. The van der Waals surface area contributed by atoms with E-state index in [1.165, 1.54) is 0 Å². The molecule has 1 aliphatic rings. The number of anilines is 1. The molecule has 7 nitrogen and oxygen atoms in total. The summed E-state index contributed by atoms with van der Waals surface area (Å²) in [5, 5.41) is 3.48. The minimum Gasteiger partial charge on any atom is -0.493 e. The average molecular weight is 383 g/mol. The molecule has 0 unspecified atom stereocenters. The van der Waals surface area contributed by atoms with Crippen molar-refractivity contribution in [2.24, 2.45) is 10.9 Å². The van der Waals surface area contributed by atoms with Gasteiger partial charge in [0.1, 0.15) is 5.75 Å². The number of nitrogens with one attached hydrogen (secondary N) is 1. The van der Waals surface area contributed by atoms with Crippen molar-refractivity contribution < 1.29 is 4.74 Å².